The average Bonchev–Trinajstić information content (AvgIpc) is 2.03. The molecule has 1 saturated heterocycles. The first kappa shape index (κ1) is 9.54. The molecule has 1 rings (SSSR count). The van der Waals surface area contributed by atoms with Crippen LogP contribution in [0.15, 0.2) is 0 Å². The lowest BCUT2D eigenvalue weighted by atomic mass is 9.96. The predicted octanol–water partition coefficient (Wildman–Crippen LogP) is 2.16. The zero-order chi connectivity index (χ0) is 9.03. The smallest absolute Gasteiger partial charge is 0.175 e. The van der Waals surface area contributed by atoms with Crippen molar-refractivity contribution in [3.63, 3.8) is 0 Å². The van der Waals surface area contributed by atoms with Gasteiger partial charge >= 0.3 is 0 Å². The van der Waals surface area contributed by atoms with Crippen LogP contribution in [0.5, 0.6) is 0 Å². The maximum absolute atomic E-state index is 13.7. The Hall–Kier alpha value is -0.550. The molecule has 68 valence electrons. The summed E-state index contributed by atoms with van der Waals surface area (Å²) >= 11 is 0. The van der Waals surface area contributed by atoms with Gasteiger partial charge in [-0.3, -0.25) is 0 Å². The lowest BCUT2D eigenvalue weighted by Gasteiger charge is -2.24. The van der Waals surface area contributed by atoms with Crippen molar-refractivity contribution in [1.82, 2.24) is 0 Å². The van der Waals surface area contributed by atoms with E-state index in [-0.39, 0.29) is 5.92 Å². The summed E-state index contributed by atoms with van der Waals surface area (Å²) in [5, 5.41) is 0. The Balaban J connectivity index is 2.53. The molecule has 0 saturated carbocycles. The van der Waals surface area contributed by atoms with Gasteiger partial charge in [0.2, 0.25) is 0 Å². The van der Waals surface area contributed by atoms with Gasteiger partial charge in [0, 0.05) is 18.8 Å². The fourth-order valence-electron chi connectivity index (χ4n) is 1.09. The van der Waals surface area contributed by atoms with E-state index in [0.717, 1.165) is 0 Å². The normalized spacial score (nSPS) is 21.7. The second kappa shape index (κ2) is 3.91. The monoisotopic (exact) mass is 170 g/mol. The molecule has 1 aliphatic rings. The summed E-state index contributed by atoms with van der Waals surface area (Å²) in [6.45, 7) is 4.94. The van der Waals surface area contributed by atoms with Crippen LogP contribution in [0.25, 0.3) is 0 Å². The highest BCUT2D eigenvalue weighted by Crippen LogP contribution is 2.24. The van der Waals surface area contributed by atoms with Gasteiger partial charge in [0.05, 0.1) is 13.2 Å². The third kappa shape index (κ3) is 2.83. The Morgan fingerprint density at radius 2 is 1.92 bits per heavy atom. The van der Waals surface area contributed by atoms with Gasteiger partial charge in [-0.25, -0.2) is 4.39 Å². The summed E-state index contributed by atoms with van der Waals surface area (Å²) in [6, 6.07) is 0. The van der Waals surface area contributed by atoms with Crippen LogP contribution in [0.4, 0.5) is 4.39 Å². The Morgan fingerprint density at radius 1 is 1.33 bits per heavy atom. The Bertz CT molecular complexity index is 194. The Kier molecular flexibility index (Phi) is 3.11. The van der Waals surface area contributed by atoms with E-state index in [1.807, 2.05) is 13.8 Å². The summed E-state index contributed by atoms with van der Waals surface area (Å²) in [4.78, 5) is 0. The topological polar surface area (TPSA) is 9.23 Å². The molecule has 0 N–H and O–H groups in total. The molecular weight excluding hydrogens is 155 g/mol. The highest BCUT2D eigenvalue weighted by atomic mass is 19.1. The molecular formula is C10H15FO. The summed E-state index contributed by atoms with van der Waals surface area (Å²) in [6.07, 6.45) is 0.847. The molecule has 12 heavy (non-hydrogen) atoms. The predicted molar refractivity (Wildman–Crippen MR) is 46.5 cm³/mol. The summed E-state index contributed by atoms with van der Waals surface area (Å²) in [5.41, 5.74) is -1.28. The third-order valence-corrected chi connectivity index (χ3v) is 1.87. The molecule has 0 amide bonds. The number of hydrogen-bond acceptors (Lipinski definition) is 1. The SMILES string of the molecule is CC(C)C#CC1(F)CCOCC1. The van der Waals surface area contributed by atoms with Crippen molar-refractivity contribution in [3.05, 3.63) is 0 Å². The van der Waals surface area contributed by atoms with E-state index in [0.29, 0.717) is 26.1 Å². The minimum Gasteiger partial charge on any atom is -0.381 e. The van der Waals surface area contributed by atoms with Crippen molar-refractivity contribution in [2.45, 2.75) is 32.4 Å². The first-order valence-corrected chi connectivity index (χ1v) is 4.42. The zero-order valence-corrected chi connectivity index (χ0v) is 7.69. The molecule has 0 aromatic rings. The van der Waals surface area contributed by atoms with Crippen LogP contribution < -0.4 is 0 Å². The quantitative estimate of drug-likeness (QED) is 0.506. The molecule has 1 aliphatic heterocycles. The van der Waals surface area contributed by atoms with Crippen LogP contribution in [-0.2, 0) is 4.74 Å². The first-order valence-electron chi connectivity index (χ1n) is 4.42. The average molecular weight is 170 g/mol. The lowest BCUT2D eigenvalue weighted by Crippen LogP contribution is -2.30. The van der Waals surface area contributed by atoms with Crippen LogP contribution >= 0.6 is 0 Å². The number of halogens is 1. The zero-order valence-electron chi connectivity index (χ0n) is 7.69. The number of alkyl halides is 1. The van der Waals surface area contributed by atoms with Gasteiger partial charge in [-0.2, -0.15) is 0 Å². The number of ether oxygens (including phenoxy) is 1. The highest BCUT2D eigenvalue weighted by molar-refractivity contribution is 5.15. The lowest BCUT2D eigenvalue weighted by molar-refractivity contribution is 0.0217. The van der Waals surface area contributed by atoms with Crippen molar-refractivity contribution < 1.29 is 9.13 Å². The minimum atomic E-state index is -1.28. The van der Waals surface area contributed by atoms with E-state index in [1.54, 1.807) is 0 Å². The van der Waals surface area contributed by atoms with E-state index in [1.165, 1.54) is 0 Å². The molecule has 0 aliphatic carbocycles. The molecule has 0 unspecified atom stereocenters. The Morgan fingerprint density at radius 3 is 2.42 bits per heavy atom. The second-order valence-corrected chi connectivity index (χ2v) is 3.50. The highest BCUT2D eigenvalue weighted by Gasteiger charge is 2.29. The van der Waals surface area contributed by atoms with E-state index in [9.17, 15) is 4.39 Å². The summed E-state index contributed by atoms with van der Waals surface area (Å²) < 4.78 is 18.7. The molecule has 0 aromatic heterocycles. The van der Waals surface area contributed by atoms with Crippen molar-refractivity contribution >= 4 is 0 Å². The number of rotatable bonds is 0. The van der Waals surface area contributed by atoms with Crippen molar-refractivity contribution in [3.8, 4) is 11.8 Å². The molecule has 1 fully saturated rings. The van der Waals surface area contributed by atoms with Gasteiger partial charge in [0.1, 0.15) is 0 Å². The summed E-state index contributed by atoms with van der Waals surface area (Å²) in [5.74, 6) is 5.83. The maximum Gasteiger partial charge on any atom is 0.175 e. The second-order valence-electron chi connectivity index (χ2n) is 3.50. The molecule has 0 bridgehead atoms. The molecule has 0 spiro atoms. The van der Waals surface area contributed by atoms with Gasteiger partial charge in [0.15, 0.2) is 5.67 Å². The fraction of sp³-hybridized carbons (Fsp3) is 0.800. The van der Waals surface area contributed by atoms with Crippen molar-refractivity contribution in [2.24, 2.45) is 5.92 Å². The van der Waals surface area contributed by atoms with Gasteiger partial charge in [0.25, 0.3) is 0 Å². The van der Waals surface area contributed by atoms with E-state index < -0.39 is 5.67 Å². The van der Waals surface area contributed by atoms with Gasteiger partial charge in [-0.1, -0.05) is 25.7 Å². The summed E-state index contributed by atoms with van der Waals surface area (Å²) in [7, 11) is 0. The maximum atomic E-state index is 13.7. The Labute approximate surface area is 73.3 Å². The molecule has 1 heterocycles. The standard InChI is InChI=1S/C10H15FO/c1-9(2)3-4-10(11)5-7-12-8-6-10/h9H,5-8H2,1-2H3. The van der Waals surface area contributed by atoms with Gasteiger partial charge in [-0.05, 0) is 0 Å². The third-order valence-electron chi connectivity index (χ3n) is 1.87. The fourth-order valence-corrected chi connectivity index (χ4v) is 1.09. The van der Waals surface area contributed by atoms with Crippen LogP contribution in [0.2, 0.25) is 0 Å². The molecule has 0 atom stereocenters. The van der Waals surface area contributed by atoms with E-state index >= 15 is 0 Å². The molecule has 0 aromatic carbocycles. The number of hydrogen-bond donors (Lipinski definition) is 0. The molecule has 0 radical (unpaired) electrons. The van der Waals surface area contributed by atoms with Crippen LogP contribution in [-0.4, -0.2) is 18.9 Å². The van der Waals surface area contributed by atoms with Crippen LogP contribution in [0.1, 0.15) is 26.7 Å². The minimum absolute atomic E-state index is 0.250. The first-order chi connectivity index (χ1) is 5.62. The van der Waals surface area contributed by atoms with Crippen LogP contribution in [0, 0.1) is 17.8 Å². The van der Waals surface area contributed by atoms with Crippen molar-refractivity contribution in [1.29, 1.82) is 0 Å². The van der Waals surface area contributed by atoms with E-state index in [4.69, 9.17) is 4.74 Å². The largest absolute Gasteiger partial charge is 0.381 e. The van der Waals surface area contributed by atoms with E-state index in [2.05, 4.69) is 11.8 Å². The van der Waals surface area contributed by atoms with Crippen molar-refractivity contribution in [2.75, 3.05) is 13.2 Å². The molecule has 2 heteroatoms. The van der Waals surface area contributed by atoms with Gasteiger partial charge in [-0.15, -0.1) is 0 Å². The van der Waals surface area contributed by atoms with Crippen LogP contribution in [0.3, 0.4) is 0 Å². The molecule has 1 nitrogen and oxygen atoms in total. The van der Waals surface area contributed by atoms with Gasteiger partial charge < -0.3 is 4.74 Å².